The number of nitrogens with zero attached hydrogens (tertiary/aromatic N) is 1. The lowest BCUT2D eigenvalue weighted by molar-refractivity contribution is 0.321. The van der Waals surface area contributed by atoms with Crippen molar-refractivity contribution in [2.75, 3.05) is 0 Å². The Hall–Kier alpha value is -1.16. The molecular formula is C14H11Cl2NOS. The van der Waals surface area contributed by atoms with Crippen molar-refractivity contribution >= 4 is 40.0 Å². The van der Waals surface area contributed by atoms with Crippen LogP contribution < -0.4 is 0 Å². The van der Waals surface area contributed by atoms with Gasteiger partial charge in [-0.05, 0) is 31.2 Å². The van der Waals surface area contributed by atoms with Crippen LogP contribution in [0.1, 0.15) is 11.1 Å². The molecule has 0 aromatic heterocycles. The summed E-state index contributed by atoms with van der Waals surface area (Å²) in [5, 5.41) is 13.8. The largest absolute Gasteiger partial charge is 0.410 e. The summed E-state index contributed by atoms with van der Waals surface area (Å²) in [5.41, 5.74) is 1.71. The number of hydrogen-bond acceptors (Lipinski definition) is 3. The van der Waals surface area contributed by atoms with E-state index in [1.807, 2.05) is 31.2 Å². The molecule has 0 bridgehead atoms. The van der Waals surface area contributed by atoms with E-state index in [4.69, 9.17) is 23.2 Å². The molecule has 2 rings (SSSR count). The average molecular weight is 312 g/mol. The van der Waals surface area contributed by atoms with Crippen molar-refractivity contribution in [2.24, 2.45) is 5.16 Å². The molecule has 0 spiro atoms. The van der Waals surface area contributed by atoms with E-state index in [0.29, 0.717) is 20.7 Å². The fraction of sp³-hybridized carbons (Fsp3) is 0.0714. The molecule has 1 N–H and O–H groups in total. The van der Waals surface area contributed by atoms with Gasteiger partial charge in [-0.15, -0.1) is 0 Å². The lowest BCUT2D eigenvalue weighted by Crippen LogP contribution is -1.98. The standard InChI is InChI=1S/C14H11Cl2NOS/c1-9-5-7-10(8-6-9)19-14(17-18)13-11(15)3-2-4-12(13)16/h2-8,18H,1H3/b17-14+. The van der Waals surface area contributed by atoms with Crippen LogP contribution in [0, 0.1) is 6.92 Å². The number of oxime groups is 1. The monoisotopic (exact) mass is 311 g/mol. The van der Waals surface area contributed by atoms with Crippen molar-refractivity contribution in [2.45, 2.75) is 11.8 Å². The molecule has 0 saturated carbocycles. The van der Waals surface area contributed by atoms with Gasteiger partial charge in [0.15, 0.2) is 5.04 Å². The van der Waals surface area contributed by atoms with Crippen LogP contribution in [-0.4, -0.2) is 10.3 Å². The molecule has 0 fully saturated rings. The second-order valence-electron chi connectivity index (χ2n) is 3.92. The topological polar surface area (TPSA) is 32.6 Å². The molecule has 0 amide bonds. The van der Waals surface area contributed by atoms with Crippen molar-refractivity contribution in [3.63, 3.8) is 0 Å². The SMILES string of the molecule is Cc1ccc(S/C(=N/O)c2c(Cl)cccc2Cl)cc1. The van der Waals surface area contributed by atoms with Crippen molar-refractivity contribution in [3.05, 3.63) is 63.6 Å². The molecule has 0 radical (unpaired) electrons. The van der Waals surface area contributed by atoms with Gasteiger partial charge in [-0.2, -0.15) is 0 Å². The third-order valence-corrected chi connectivity index (χ3v) is 4.12. The Labute approximate surface area is 126 Å². The van der Waals surface area contributed by atoms with Crippen molar-refractivity contribution in [1.29, 1.82) is 0 Å². The van der Waals surface area contributed by atoms with E-state index in [1.165, 1.54) is 17.3 Å². The quantitative estimate of drug-likeness (QED) is 0.271. The Morgan fingerprint density at radius 3 is 2.16 bits per heavy atom. The summed E-state index contributed by atoms with van der Waals surface area (Å²) in [6.07, 6.45) is 0. The van der Waals surface area contributed by atoms with E-state index in [9.17, 15) is 5.21 Å². The van der Waals surface area contributed by atoms with Gasteiger partial charge < -0.3 is 5.21 Å². The van der Waals surface area contributed by atoms with Crippen LogP contribution in [-0.2, 0) is 0 Å². The first-order chi connectivity index (χ1) is 9.11. The van der Waals surface area contributed by atoms with Crippen molar-refractivity contribution < 1.29 is 5.21 Å². The molecule has 2 aromatic carbocycles. The fourth-order valence-electron chi connectivity index (χ4n) is 1.54. The fourth-order valence-corrected chi connectivity index (χ4v) is 3.09. The van der Waals surface area contributed by atoms with Crippen LogP contribution in [0.5, 0.6) is 0 Å². The van der Waals surface area contributed by atoms with Gasteiger partial charge in [-0.1, -0.05) is 63.9 Å². The van der Waals surface area contributed by atoms with Crippen LogP contribution >= 0.6 is 35.0 Å². The van der Waals surface area contributed by atoms with Crippen LogP contribution in [0.3, 0.4) is 0 Å². The van der Waals surface area contributed by atoms with Gasteiger partial charge in [0.2, 0.25) is 0 Å². The molecule has 0 aliphatic heterocycles. The zero-order valence-electron chi connectivity index (χ0n) is 10.1. The van der Waals surface area contributed by atoms with Gasteiger partial charge in [-0.25, -0.2) is 0 Å². The normalized spacial score (nSPS) is 11.6. The maximum Gasteiger partial charge on any atom is 0.150 e. The number of thioether (sulfide) groups is 1. The lowest BCUT2D eigenvalue weighted by Gasteiger charge is -2.08. The Balaban J connectivity index is 2.34. The zero-order valence-corrected chi connectivity index (χ0v) is 12.4. The van der Waals surface area contributed by atoms with Gasteiger partial charge in [0.1, 0.15) is 0 Å². The summed E-state index contributed by atoms with van der Waals surface area (Å²) in [6, 6.07) is 13.1. The third-order valence-electron chi connectivity index (χ3n) is 2.50. The first-order valence-electron chi connectivity index (χ1n) is 5.53. The summed E-state index contributed by atoms with van der Waals surface area (Å²) in [4.78, 5) is 0.953. The van der Waals surface area contributed by atoms with E-state index in [0.717, 1.165) is 4.90 Å². The molecule has 0 atom stereocenters. The molecular weight excluding hydrogens is 301 g/mol. The minimum atomic E-state index is 0.374. The molecule has 0 aliphatic rings. The molecule has 98 valence electrons. The Morgan fingerprint density at radius 1 is 1.05 bits per heavy atom. The van der Waals surface area contributed by atoms with Crippen LogP contribution in [0.25, 0.3) is 0 Å². The zero-order chi connectivity index (χ0) is 13.8. The van der Waals surface area contributed by atoms with Crippen LogP contribution in [0.15, 0.2) is 52.5 Å². The van der Waals surface area contributed by atoms with Crippen molar-refractivity contribution in [3.8, 4) is 0 Å². The summed E-state index contributed by atoms with van der Waals surface area (Å²) in [6.45, 7) is 2.01. The van der Waals surface area contributed by atoms with Gasteiger partial charge >= 0.3 is 0 Å². The van der Waals surface area contributed by atoms with Gasteiger partial charge in [0, 0.05) is 10.5 Å². The molecule has 5 heteroatoms. The third kappa shape index (κ3) is 3.44. The van der Waals surface area contributed by atoms with E-state index in [2.05, 4.69) is 5.16 Å². The second-order valence-corrected chi connectivity index (χ2v) is 5.79. The molecule has 0 unspecified atom stereocenters. The smallest absolute Gasteiger partial charge is 0.150 e. The Morgan fingerprint density at radius 2 is 1.63 bits per heavy atom. The first-order valence-corrected chi connectivity index (χ1v) is 7.10. The molecule has 0 heterocycles. The predicted molar refractivity (Wildman–Crippen MR) is 81.8 cm³/mol. The first kappa shape index (κ1) is 14.3. The number of halogens is 2. The summed E-state index contributed by atoms with van der Waals surface area (Å²) in [7, 11) is 0. The van der Waals surface area contributed by atoms with E-state index >= 15 is 0 Å². The summed E-state index contributed by atoms with van der Waals surface area (Å²) < 4.78 is 0. The lowest BCUT2D eigenvalue weighted by atomic mass is 10.2. The molecule has 0 aliphatic carbocycles. The number of hydrogen-bond donors (Lipinski definition) is 1. The summed E-state index contributed by atoms with van der Waals surface area (Å²) >= 11 is 13.5. The average Bonchev–Trinajstić information content (AvgIpc) is 2.39. The van der Waals surface area contributed by atoms with Gasteiger partial charge in [0.05, 0.1) is 10.0 Å². The minimum Gasteiger partial charge on any atom is -0.410 e. The highest BCUT2D eigenvalue weighted by Gasteiger charge is 2.14. The molecule has 19 heavy (non-hydrogen) atoms. The predicted octanol–water partition coefficient (Wildman–Crippen LogP) is 5.23. The molecule has 2 aromatic rings. The number of benzene rings is 2. The van der Waals surface area contributed by atoms with Gasteiger partial charge in [0.25, 0.3) is 0 Å². The van der Waals surface area contributed by atoms with E-state index in [-0.39, 0.29) is 0 Å². The Kier molecular flexibility index (Phi) is 4.75. The van der Waals surface area contributed by atoms with E-state index < -0.39 is 0 Å². The summed E-state index contributed by atoms with van der Waals surface area (Å²) in [5.74, 6) is 0. The maximum atomic E-state index is 9.19. The second kappa shape index (κ2) is 6.33. The maximum absolute atomic E-state index is 9.19. The van der Waals surface area contributed by atoms with E-state index in [1.54, 1.807) is 18.2 Å². The highest BCUT2D eigenvalue weighted by molar-refractivity contribution is 8.14. The highest BCUT2D eigenvalue weighted by atomic mass is 35.5. The number of aryl methyl sites for hydroxylation is 1. The minimum absolute atomic E-state index is 0.374. The van der Waals surface area contributed by atoms with Gasteiger partial charge in [-0.3, -0.25) is 0 Å². The van der Waals surface area contributed by atoms with Crippen molar-refractivity contribution in [1.82, 2.24) is 0 Å². The van der Waals surface area contributed by atoms with Crippen LogP contribution in [0.4, 0.5) is 0 Å². The molecule has 0 saturated heterocycles. The molecule has 2 nitrogen and oxygen atoms in total. The highest BCUT2D eigenvalue weighted by Crippen LogP contribution is 2.32. The van der Waals surface area contributed by atoms with Crippen LogP contribution in [0.2, 0.25) is 10.0 Å². The number of rotatable bonds is 2. The Bertz CT molecular complexity index is 591.